The summed E-state index contributed by atoms with van der Waals surface area (Å²) in [5.74, 6) is 0.776. The fourth-order valence-electron chi connectivity index (χ4n) is 1.61. The molecule has 18 heavy (non-hydrogen) atoms. The van der Waals surface area contributed by atoms with Gasteiger partial charge >= 0.3 is 5.97 Å². The minimum atomic E-state index is -0.421. The first kappa shape index (κ1) is 12.9. The zero-order chi connectivity index (χ0) is 13.1. The van der Waals surface area contributed by atoms with Gasteiger partial charge in [-0.25, -0.2) is 4.79 Å². The second-order valence-electron chi connectivity index (χ2n) is 3.50. The molecule has 0 radical (unpaired) electrons. The van der Waals surface area contributed by atoms with Crippen LogP contribution in [0, 0.1) is 3.57 Å². The van der Waals surface area contributed by atoms with Crippen LogP contribution in [0.3, 0.4) is 0 Å². The van der Waals surface area contributed by atoms with Gasteiger partial charge in [0.25, 0.3) is 0 Å². The van der Waals surface area contributed by atoms with E-state index >= 15 is 0 Å². The minimum Gasteiger partial charge on any atom is -0.496 e. The molecule has 0 spiro atoms. The fraction of sp³-hybridized carbons (Fsp3) is 0.154. The van der Waals surface area contributed by atoms with E-state index in [-0.39, 0.29) is 0 Å². The molecule has 0 bridgehead atoms. The summed E-state index contributed by atoms with van der Waals surface area (Å²) in [6, 6.07) is 7.16. The van der Waals surface area contributed by atoms with E-state index in [1.54, 1.807) is 18.4 Å². The van der Waals surface area contributed by atoms with E-state index in [9.17, 15) is 4.79 Å². The number of hydrogen-bond donors (Lipinski definition) is 0. The summed E-state index contributed by atoms with van der Waals surface area (Å²) in [6.07, 6.45) is 1.60. The number of carbonyl (C=O) groups excluding carboxylic acids is 1. The predicted octanol–water partition coefficient (Wildman–Crippen LogP) is 3.35. The molecule has 0 amide bonds. The van der Waals surface area contributed by atoms with Gasteiger partial charge in [-0.1, -0.05) is 0 Å². The lowest BCUT2D eigenvalue weighted by Gasteiger charge is -2.10. The summed E-state index contributed by atoms with van der Waals surface area (Å²) in [7, 11) is 2.86. The van der Waals surface area contributed by atoms with Crippen LogP contribution in [0.4, 0.5) is 0 Å². The minimum absolute atomic E-state index is 0.403. The highest BCUT2D eigenvalue weighted by Crippen LogP contribution is 2.32. The van der Waals surface area contributed by atoms with Crippen molar-refractivity contribution in [2.24, 2.45) is 0 Å². The van der Waals surface area contributed by atoms with Crippen LogP contribution in [-0.4, -0.2) is 20.2 Å². The van der Waals surface area contributed by atoms with Gasteiger partial charge in [-0.3, -0.25) is 0 Å². The Bertz CT molecular complexity index is 561. The molecule has 2 aromatic rings. The number of rotatable bonds is 3. The highest BCUT2D eigenvalue weighted by molar-refractivity contribution is 14.1. The third kappa shape index (κ3) is 2.35. The molecule has 0 N–H and O–H groups in total. The SMILES string of the molecule is COC(=O)c1cc(I)c(-c2ccco2)cc1OC. The van der Waals surface area contributed by atoms with E-state index in [0.29, 0.717) is 11.3 Å². The molecule has 2 rings (SSSR count). The highest BCUT2D eigenvalue weighted by atomic mass is 127. The largest absolute Gasteiger partial charge is 0.496 e. The quantitative estimate of drug-likeness (QED) is 0.624. The maximum absolute atomic E-state index is 11.6. The summed E-state index contributed by atoms with van der Waals surface area (Å²) in [5, 5.41) is 0. The number of esters is 1. The summed E-state index contributed by atoms with van der Waals surface area (Å²) < 4.78 is 16.2. The van der Waals surface area contributed by atoms with Crippen molar-refractivity contribution >= 4 is 28.6 Å². The monoisotopic (exact) mass is 358 g/mol. The Morgan fingerprint density at radius 3 is 2.67 bits per heavy atom. The maximum atomic E-state index is 11.6. The van der Waals surface area contributed by atoms with Gasteiger partial charge in [-0.2, -0.15) is 0 Å². The van der Waals surface area contributed by atoms with Crippen molar-refractivity contribution in [1.82, 2.24) is 0 Å². The van der Waals surface area contributed by atoms with Crippen LogP contribution in [0.5, 0.6) is 5.75 Å². The summed E-state index contributed by atoms with van der Waals surface area (Å²) in [5.41, 5.74) is 1.28. The lowest BCUT2D eigenvalue weighted by molar-refractivity contribution is 0.0597. The van der Waals surface area contributed by atoms with Gasteiger partial charge in [0.2, 0.25) is 0 Å². The van der Waals surface area contributed by atoms with Crippen molar-refractivity contribution in [2.45, 2.75) is 0 Å². The topological polar surface area (TPSA) is 48.7 Å². The van der Waals surface area contributed by atoms with Crippen LogP contribution in [0.2, 0.25) is 0 Å². The Kier molecular flexibility index (Phi) is 3.90. The molecule has 1 heterocycles. The van der Waals surface area contributed by atoms with E-state index in [1.807, 2.05) is 12.1 Å². The molecule has 0 aliphatic rings. The molecule has 1 aromatic carbocycles. The molecule has 0 aliphatic carbocycles. The predicted molar refractivity (Wildman–Crippen MR) is 74.8 cm³/mol. The van der Waals surface area contributed by atoms with Gasteiger partial charge in [0.1, 0.15) is 17.1 Å². The maximum Gasteiger partial charge on any atom is 0.341 e. The Balaban J connectivity index is 2.56. The third-order valence-corrected chi connectivity index (χ3v) is 3.37. The van der Waals surface area contributed by atoms with Crippen molar-refractivity contribution in [1.29, 1.82) is 0 Å². The molecular formula is C13H11IO4. The lowest BCUT2D eigenvalue weighted by Crippen LogP contribution is -2.05. The van der Waals surface area contributed by atoms with Crippen molar-refractivity contribution in [2.75, 3.05) is 14.2 Å². The number of hydrogen-bond acceptors (Lipinski definition) is 4. The Morgan fingerprint density at radius 1 is 1.33 bits per heavy atom. The molecule has 0 aliphatic heterocycles. The van der Waals surface area contributed by atoms with Crippen LogP contribution in [0.1, 0.15) is 10.4 Å². The fourth-order valence-corrected chi connectivity index (χ4v) is 2.35. The van der Waals surface area contributed by atoms with Gasteiger partial charge < -0.3 is 13.9 Å². The average molecular weight is 358 g/mol. The van der Waals surface area contributed by atoms with E-state index in [0.717, 1.165) is 14.9 Å². The molecule has 0 unspecified atom stereocenters. The molecule has 0 saturated heterocycles. The smallest absolute Gasteiger partial charge is 0.341 e. The van der Waals surface area contributed by atoms with Gasteiger partial charge in [0.15, 0.2) is 0 Å². The first-order valence-electron chi connectivity index (χ1n) is 5.17. The highest BCUT2D eigenvalue weighted by Gasteiger charge is 2.17. The molecule has 0 fully saturated rings. The summed E-state index contributed by atoms with van der Waals surface area (Å²) in [4.78, 5) is 11.6. The van der Waals surface area contributed by atoms with Crippen molar-refractivity contribution in [3.05, 3.63) is 39.7 Å². The van der Waals surface area contributed by atoms with Crippen molar-refractivity contribution in [3.63, 3.8) is 0 Å². The zero-order valence-electron chi connectivity index (χ0n) is 9.90. The Morgan fingerprint density at radius 2 is 2.11 bits per heavy atom. The van der Waals surface area contributed by atoms with Gasteiger partial charge in [0.05, 0.1) is 20.5 Å². The Hall–Kier alpha value is -1.50. The van der Waals surface area contributed by atoms with Crippen molar-refractivity contribution in [3.8, 4) is 17.1 Å². The van der Waals surface area contributed by atoms with Gasteiger partial charge in [0, 0.05) is 9.13 Å². The second-order valence-corrected chi connectivity index (χ2v) is 4.66. The molecule has 5 heteroatoms. The third-order valence-electron chi connectivity index (χ3n) is 2.48. The summed E-state index contributed by atoms with van der Waals surface area (Å²) >= 11 is 2.15. The van der Waals surface area contributed by atoms with Crippen LogP contribution >= 0.6 is 22.6 Å². The molecule has 1 aromatic heterocycles. The average Bonchev–Trinajstić information content (AvgIpc) is 2.91. The number of furan rings is 1. The summed E-state index contributed by atoms with van der Waals surface area (Å²) in [6.45, 7) is 0. The lowest BCUT2D eigenvalue weighted by atomic mass is 10.1. The number of carbonyl (C=O) groups is 1. The molecule has 0 atom stereocenters. The van der Waals surface area contributed by atoms with Crippen LogP contribution in [0.25, 0.3) is 11.3 Å². The number of methoxy groups -OCH3 is 2. The number of ether oxygens (including phenoxy) is 2. The Labute approximate surface area is 118 Å². The molecule has 4 nitrogen and oxygen atoms in total. The van der Waals surface area contributed by atoms with E-state index in [2.05, 4.69) is 22.6 Å². The first-order chi connectivity index (χ1) is 8.67. The number of halogens is 1. The van der Waals surface area contributed by atoms with Gasteiger partial charge in [-0.15, -0.1) is 0 Å². The standard InChI is InChI=1S/C13H11IO4/c1-16-12-7-8(11-4-3-5-18-11)10(14)6-9(12)13(15)17-2/h3-7H,1-2H3. The molecular weight excluding hydrogens is 347 g/mol. The van der Waals surface area contributed by atoms with E-state index in [1.165, 1.54) is 14.2 Å². The molecule has 94 valence electrons. The zero-order valence-corrected chi connectivity index (χ0v) is 12.1. The first-order valence-corrected chi connectivity index (χ1v) is 6.25. The normalized spacial score (nSPS) is 10.2. The van der Waals surface area contributed by atoms with Crippen LogP contribution in [-0.2, 0) is 4.74 Å². The molecule has 0 saturated carbocycles. The van der Waals surface area contributed by atoms with E-state index in [4.69, 9.17) is 13.9 Å². The second kappa shape index (κ2) is 5.43. The van der Waals surface area contributed by atoms with Gasteiger partial charge in [-0.05, 0) is 46.9 Å². The van der Waals surface area contributed by atoms with Crippen molar-refractivity contribution < 1.29 is 18.7 Å². The van der Waals surface area contributed by atoms with Crippen LogP contribution < -0.4 is 4.74 Å². The van der Waals surface area contributed by atoms with Crippen LogP contribution in [0.15, 0.2) is 34.9 Å². The number of benzene rings is 1. The van der Waals surface area contributed by atoms with E-state index < -0.39 is 5.97 Å².